The molecule has 0 unspecified atom stereocenters. The minimum absolute atomic E-state index is 0.272. The van der Waals surface area contributed by atoms with Gasteiger partial charge in [-0.15, -0.1) is 5.10 Å². The van der Waals surface area contributed by atoms with Crippen LogP contribution in [-0.4, -0.2) is 54.1 Å². The fourth-order valence-electron chi connectivity index (χ4n) is 2.71. The van der Waals surface area contributed by atoms with Crippen LogP contribution in [-0.2, 0) is 0 Å². The average Bonchev–Trinajstić information content (AvgIpc) is 3.06. The van der Waals surface area contributed by atoms with Gasteiger partial charge in [-0.05, 0) is 29.3 Å². The zero-order chi connectivity index (χ0) is 14.8. The molecule has 0 saturated carbocycles. The number of hydrogen-bond acceptors (Lipinski definition) is 8. The van der Waals surface area contributed by atoms with Gasteiger partial charge in [0.25, 0.3) is 0 Å². The number of fused-ring (bicyclic) bond motifs is 1. The van der Waals surface area contributed by atoms with E-state index >= 15 is 0 Å². The summed E-state index contributed by atoms with van der Waals surface area (Å²) in [5.74, 6) is 1.57. The molecule has 0 radical (unpaired) electrons. The van der Waals surface area contributed by atoms with Crippen molar-refractivity contribution in [3.05, 3.63) is 30.9 Å². The van der Waals surface area contributed by atoms with Crippen LogP contribution in [0.25, 0.3) is 5.65 Å². The minimum Gasteiger partial charge on any atom is -0.364 e. The van der Waals surface area contributed by atoms with Crippen molar-refractivity contribution in [1.82, 2.24) is 35.0 Å². The number of aromatic nitrogens is 7. The highest BCUT2D eigenvalue weighted by Crippen LogP contribution is 2.18. The SMILES string of the molecule is c1cnc(N2CCC[C@@H](Nc3cncc4nnnn34)C2)nc1. The van der Waals surface area contributed by atoms with Crippen LogP contribution < -0.4 is 10.2 Å². The molecule has 0 spiro atoms. The second-order valence-electron chi connectivity index (χ2n) is 5.22. The molecular formula is C13H15N9. The van der Waals surface area contributed by atoms with Gasteiger partial charge in [-0.2, -0.15) is 4.52 Å². The van der Waals surface area contributed by atoms with Gasteiger partial charge in [0.1, 0.15) is 0 Å². The van der Waals surface area contributed by atoms with Crippen LogP contribution in [0.5, 0.6) is 0 Å². The molecule has 1 aliphatic rings. The highest BCUT2D eigenvalue weighted by Gasteiger charge is 2.22. The Kier molecular flexibility index (Phi) is 3.22. The normalized spacial score (nSPS) is 18.5. The highest BCUT2D eigenvalue weighted by atomic mass is 15.5. The molecule has 1 fully saturated rings. The topological polar surface area (TPSA) is 97.0 Å². The Hall–Kier alpha value is -2.84. The molecule has 4 heterocycles. The van der Waals surface area contributed by atoms with Gasteiger partial charge in [0.2, 0.25) is 5.95 Å². The van der Waals surface area contributed by atoms with Crippen molar-refractivity contribution in [2.45, 2.75) is 18.9 Å². The van der Waals surface area contributed by atoms with E-state index in [-0.39, 0.29) is 6.04 Å². The first-order chi connectivity index (χ1) is 10.9. The molecule has 1 atom stereocenters. The Morgan fingerprint density at radius 1 is 1.18 bits per heavy atom. The molecule has 1 aliphatic heterocycles. The Bertz CT molecular complexity index is 756. The average molecular weight is 297 g/mol. The summed E-state index contributed by atoms with van der Waals surface area (Å²) in [7, 11) is 0. The summed E-state index contributed by atoms with van der Waals surface area (Å²) >= 11 is 0. The lowest BCUT2D eigenvalue weighted by molar-refractivity contribution is 0.520. The second-order valence-corrected chi connectivity index (χ2v) is 5.22. The maximum absolute atomic E-state index is 4.32. The van der Waals surface area contributed by atoms with E-state index in [9.17, 15) is 0 Å². The van der Waals surface area contributed by atoms with E-state index in [2.05, 4.69) is 40.7 Å². The van der Waals surface area contributed by atoms with Gasteiger partial charge in [-0.3, -0.25) is 4.98 Å². The molecule has 3 aromatic heterocycles. The van der Waals surface area contributed by atoms with E-state index in [1.807, 2.05) is 6.07 Å². The zero-order valence-corrected chi connectivity index (χ0v) is 11.9. The first kappa shape index (κ1) is 12.9. The van der Waals surface area contributed by atoms with E-state index in [0.29, 0.717) is 5.65 Å². The lowest BCUT2D eigenvalue weighted by Crippen LogP contribution is -2.43. The smallest absolute Gasteiger partial charge is 0.225 e. The molecule has 9 nitrogen and oxygen atoms in total. The van der Waals surface area contributed by atoms with Crippen LogP contribution >= 0.6 is 0 Å². The molecule has 3 aromatic rings. The third kappa shape index (κ3) is 2.41. The quantitative estimate of drug-likeness (QED) is 0.741. The largest absolute Gasteiger partial charge is 0.364 e. The Morgan fingerprint density at radius 3 is 3.00 bits per heavy atom. The Morgan fingerprint density at radius 2 is 2.09 bits per heavy atom. The molecule has 1 saturated heterocycles. The summed E-state index contributed by atoms with van der Waals surface area (Å²) in [6.45, 7) is 1.80. The number of nitrogens with one attached hydrogen (secondary N) is 1. The van der Waals surface area contributed by atoms with E-state index in [0.717, 1.165) is 37.7 Å². The van der Waals surface area contributed by atoms with Crippen molar-refractivity contribution < 1.29 is 0 Å². The molecule has 0 bridgehead atoms. The maximum atomic E-state index is 4.32. The molecule has 0 aliphatic carbocycles. The zero-order valence-electron chi connectivity index (χ0n) is 11.9. The van der Waals surface area contributed by atoms with E-state index in [4.69, 9.17) is 0 Å². The Labute approximate surface area is 126 Å². The number of anilines is 2. The molecule has 4 rings (SSSR count). The van der Waals surface area contributed by atoms with Gasteiger partial charge >= 0.3 is 0 Å². The standard InChI is InChI=1S/C13H15N9/c1-3-10(9-21(6-1)13-15-4-2-5-16-13)17-11-7-14-8-12-18-19-20-22(11)12/h2,4-5,7-8,10,17H,1,3,6,9H2/t10-/m1/s1. The summed E-state index contributed by atoms with van der Waals surface area (Å²) in [5.41, 5.74) is 0.629. The first-order valence-electron chi connectivity index (χ1n) is 7.21. The van der Waals surface area contributed by atoms with E-state index in [1.54, 1.807) is 29.3 Å². The number of rotatable bonds is 3. The monoisotopic (exact) mass is 297 g/mol. The molecule has 9 heteroatoms. The third-order valence-corrected chi connectivity index (χ3v) is 3.72. The molecule has 0 aromatic carbocycles. The van der Waals surface area contributed by atoms with Gasteiger partial charge in [0, 0.05) is 31.5 Å². The first-order valence-corrected chi connectivity index (χ1v) is 7.21. The Balaban J connectivity index is 1.52. The van der Waals surface area contributed by atoms with Crippen LogP contribution in [0.1, 0.15) is 12.8 Å². The maximum Gasteiger partial charge on any atom is 0.225 e. The van der Waals surface area contributed by atoms with Crippen molar-refractivity contribution in [3.63, 3.8) is 0 Å². The van der Waals surface area contributed by atoms with Gasteiger partial charge in [0.05, 0.1) is 12.4 Å². The number of tetrazole rings is 1. The number of piperidine rings is 1. The van der Waals surface area contributed by atoms with Crippen LogP contribution in [0, 0.1) is 0 Å². The summed E-state index contributed by atoms with van der Waals surface area (Å²) < 4.78 is 1.66. The summed E-state index contributed by atoms with van der Waals surface area (Å²) in [6, 6.07) is 2.10. The molecular weight excluding hydrogens is 282 g/mol. The van der Waals surface area contributed by atoms with Crippen LogP contribution in [0.3, 0.4) is 0 Å². The number of hydrogen-bond donors (Lipinski definition) is 1. The lowest BCUT2D eigenvalue weighted by Gasteiger charge is -2.33. The van der Waals surface area contributed by atoms with Crippen molar-refractivity contribution in [2.24, 2.45) is 0 Å². The molecule has 1 N–H and O–H groups in total. The predicted octanol–water partition coefficient (Wildman–Crippen LogP) is 0.390. The predicted molar refractivity (Wildman–Crippen MR) is 79.5 cm³/mol. The fourth-order valence-corrected chi connectivity index (χ4v) is 2.71. The van der Waals surface area contributed by atoms with Crippen LogP contribution in [0.15, 0.2) is 30.9 Å². The van der Waals surface area contributed by atoms with Crippen molar-refractivity contribution >= 4 is 17.4 Å². The molecule has 112 valence electrons. The third-order valence-electron chi connectivity index (χ3n) is 3.72. The summed E-state index contributed by atoms with van der Waals surface area (Å²) in [6.07, 6.45) is 9.06. The van der Waals surface area contributed by atoms with E-state index < -0.39 is 0 Å². The summed E-state index contributed by atoms with van der Waals surface area (Å²) in [5, 5.41) is 15.0. The van der Waals surface area contributed by atoms with Gasteiger partial charge < -0.3 is 10.2 Å². The number of nitrogens with zero attached hydrogens (tertiary/aromatic N) is 8. The highest BCUT2D eigenvalue weighted by molar-refractivity contribution is 5.45. The fraction of sp³-hybridized carbons (Fsp3) is 0.385. The van der Waals surface area contributed by atoms with Gasteiger partial charge in [0.15, 0.2) is 11.5 Å². The molecule has 0 amide bonds. The summed E-state index contributed by atoms with van der Waals surface area (Å²) in [4.78, 5) is 15.0. The van der Waals surface area contributed by atoms with Crippen molar-refractivity contribution in [2.75, 3.05) is 23.3 Å². The van der Waals surface area contributed by atoms with Crippen LogP contribution in [0.4, 0.5) is 11.8 Å². The molecule has 22 heavy (non-hydrogen) atoms. The second kappa shape index (κ2) is 5.51. The van der Waals surface area contributed by atoms with Crippen LogP contribution in [0.2, 0.25) is 0 Å². The van der Waals surface area contributed by atoms with Crippen molar-refractivity contribution in [3.8, 4) is 0 Å². The van der Waals surface area contributed by atoms with Gasteiger partial charge in [-0.25, -0.2) is 9.97 Å². The van der Waals surface area contributed by atoms with Gasteiger partial charge in [-0.1, -0.05) is 0 Å². The van der Waals surface area contributed by atoms with Crippen molar-refractivity contribution in [1.29, 1.82) is 0 Å². The minimum atomic E-state index is 0.272. The lowest BCUT2D eigenvalue weighted by atomic mass is 10.1. The van der Waals surface area contributed by atoms with E-state index in [1.165, 1.54) is 0 Å².